The Morgan fingerprint density at radius 1 is 1.32 bits per heavy atom. The Labute approximate surface area is 115 Å². The molecule has 5 heteroatoms. The van der Waals surface area contributed by atoms with Gasteiger partial charge in [-0.15, -0.1) is 11.8 Å². The van der Waals surface area contributed by atoms with Crippen LogP contribution >= 0.6 is 11.8 Å². The third kappa shape index (κ3) is 3.26. The number of carboxylic acid groups (broad SMARTS) is 1. The van der Waals surface area contributed by atoms with Gasteiger partial charge in [0, 0.05) is 22.5 Å². The number of carboxylic acids is 1. The van der Waals surface area contributed by atoms with Crippen LogP contribution in [0.15, 0.2) is 41.4 Å². The van der Waals surface area contributed by atoms with Crippen molar-refractivity contribution in [3.8, 4) is 0 Å². The van der Waals surface area contributed by atoms with E-state index in [9.17, 15) is 4.79 Å². The van der Waals surface area contributed by atoms with Gasteiger partial charge in [0.2, 0.25) is 0 Å². The quantitative estimate of drug-likeness (QED) is 0.835. The van der Waals surface area contributed by atoms with Crippen LogP contribution in [0.1, 0.15) is 16.1 Å². The predicted molar refractivity (Wildman–Crippen MR) is 77.4 cm³/mol. The lowest BCUT2D eigenvalue weighted by molar-refractivity contribution is 0.0697. The summed E-state index contributed by atoms with van der Waals surface area (Å²) in [6.45, 7) is 1.83. The lowest BCUT2D eigenvalue weighted by Crippen LogP contribution is -2.04. The molecule has 1 heterocycles. The number of nitrogens with zero attached hydrogens (tertiary/aromatic N) is 1. The molecule has 0 atom stereocenters. The highest BCUT2D eigenvalue weighted by Gasteiger charge is 2.11. The Kier molecular flexibility index (Phi) is 4.06. The van der Waals surface area contributed by atoms with Crippen molar-refractivity contribution < 1.29 is 9.90 Å². The third-order valence-corrected chi connectivity index (χ3v) is 3.38. The fraction of sp³-hybridized carbons (Fsp3) is 0.143. The number of carbonyl (C=O) groups is 1. The van der Waals surface area contributed by atoms with Crippen molar-refractivity contribution in [1.29, 1.82) is 0 Å². The number of pyridine rings is 1. The van der Waals surface area contributed by atoms with E-state index in [2.05, 4.69) is 10.3 Å². The van der Waals surface area contributed by atoms with Crippen LogP contribution in [-0.2, 0) is 0 Å². The van der Waals surface area contributed by atoms with Gasteiger partial charge in [-0.2, -0.15) is 0 Å². The van der Waals surface area contributed by atoms with Gasteiger partial charge >= 0.3 is 5.97 Å². The molecule has 0 aliphatic heterocycles. The highest BCUT2D eigenvalue weighted by molar-refractivity contribution is 7.98. The van der Waals surface area contributed by atoms with E-state index in [1.165, 1.54) is 6.20 Å². The van der Waals surface area contributed by atoms with Crippen molar-refractivity contribution in [2.75, 3.05) is 11.6 Å². The van der Waals surface area contributed by atoms with E-state index in [0.717, 1.165) is 16.3 Å². The monoisotopic (exact) mass is 274 g/mol. The molecule has 2 aromatic rings. The second-order valence-electron chi connectivity index (χ2n) is 4.03. The normalized spacial score (nSPS) is 10.2. The van der Waals surface area contributed by atoms with Gasteiger partial charge in [-0.25, -0.2) is 4.79 Å². The first kappa shape index (κ1) is 13.4. The molecule has 1 aromatic heterocycles. The van der Waals surface area contributed by atoms with E-state index in [0.29, 0.717) is 5.69 Å². The van der Waals surface area contributed by atoms with Crippen LogP contribution in [0.4, 0.5) is 11.4 Å². The summed E-state index contributed by atoms with van der Waals surface area (Å²) in [5.74, 6) is -0.990. The zero-order valence-corrected chi connectivity index (χ0v) is 11.5. The molecule has 0 aliphatic carbocycles. The van der Waals surface area contributed by atoms with Crippen LogP contribution in [0.25, 0.3) is 0 Å². The van der Waals surface area contributed by atoms with E-state index in [-0.39, 0.29) is 5.56 Å². The fourth-order valence-electron chi connectivity index (χ4n) is 1.66. The Balaban J connectivity index is 2.31. The Morgan fingerprint density at radius 3 is 2.58 bits per heavy atom. The molecular weight excluding hydrogens is 260 g/mol. The van der Waals surface area contributed by atoms with Gasteiger partial charge in [0.05, 0.1) is 5.69 Å². The summed E-state index contributed by atoms with van der Waals surface area (Å²) in [5, 5.41) is 12.2. The number of aryl methyl sites for hydroxylation is 1. The number of hydrogen-bond acceptors (Lipinski definition) is 4. The molecule has 4 nitrogen and oxygen atoms in total. The lowest BCUT2D eigenvalue weighted by atomic mass is 10.2. The zero-order chi connectivity index (χ0) is 13.8. The number of thioether (sulfide) groups is 1. The molecule has 1 aromatic carbocycles. The summed E-state index contributed by atoms with van der Waals surface area (Å²) in [6.07, 6.45) is 3.38. The highest BCUT2D eigenvalue weighted by atomic mass is 32.2. The first-order valence-electron chi connectivity index (χ1n) is 5.71. The maximum absolute atomic E-state index is 11.1. The van der Waals surface area contributed by atoms with Crippen LogP contribution in [0.3, 0.4) is 0 Å². The molecule has 0 amide bonds. The maximum Gasteiger partial charge on any atom is 0.339 e. The first-order chi connectivity index (χ1) is 9.10. The number of rotatable bonds is 4. The minimum absolute atomic E-state index is 0.166. The molecule has 0 radical (unpaired) electrons. The summed E-state index contributed by atoms with van der Waals surface area (Å²) in [7, 11) is 0. The summed E-state index contributed by atoms with van der Waals surface area (Å²) < 4.78 is 0. The van der Waals surface area contributed by atoms with E-state index < -0.39 is 5.97 Å². The smallest absolute Gasteiger partial charge is 0.339 e. The van der Waals surface area contributed by atoms with Crippen LogP contribution in [0.5, 0.6) is 0 Å². The second-order valence-corrected chi connectivity index (χ2v) is 4.91. The summed E-state index contributed by atoms with van der Waals surface area (Å²) >= 11 is 1.66. The molecule has 19 heavy (non-hydrogen) atoms. The largest absolute Gasteiger partial charge is 0.478 e. The van der Waals surface area contributed by atoms with Crippen molar-refractivity contribution in [2.24, 2.45) is 0 Å². The van der Waals surface area contributed by atoms with Crippen LogP contribution in [0, 0.1) is 6.92 Å². The minimum atomic E-state index is -0.990. The van der Waals surface area contributed by atoms with E-state index in [4.69, 9.17) is 5.11 Å². The maximum atomic E-state index is 11.1. The van der Waals surface area contributed by atoms with Crippen molar-refractivity contribution in [3.63, 3.8) is 0 Å². The third-order valence-electron chi connectivity index (χ3n) is 2.64. The van der Waals surface area contributed by atoms with Gasteiger partial charge in [0.1, 0.15) is 5.56 Å². The Bertz CT molecular complexity index is 597. The molecular formula is C14H14N2O2S. The van der Waals surface area contributed by atoms with Gasteiger partial charge in [0.15, 0.2) is 0 Å². The molecule has 2 rings (SSSR count). The molecule has 0 saturated carbocycles. The summed E-state index contributed by atoms with van der Waals surface area (Å²) in [5.41, 5.74) is 2.34. The van der Waals surface area contributed by atoms with Gasteiger partial charge in [-0.1, -0.05) is 0 Å². The first-order valence-corrected chi connectivity index (χ1v) is 6.93. The van der Waals surface area contributed by atoms with E-state index in [1.807, 2.05) is 37.4 Å². The zero-order valence-electron chi connectivity index (χ0n) is 10.7. The minimum Gasteiger partial charge on any atom is -0.478 e. The molecule has 0 bridgehead atoms. The van der Waals surface area contributed by atoms with Crippen LogP contribution in [-0.4, -0.2) is 22.3 Å². The van der Waals surface area contributed by atoms with Gasteiger partial charge in [0.25, 0.3) is 0 Å². The lowest BCUT2D eigenvalue weighted by Gasteiger charge is -2.10. The molecule has 0 fully saturated rings. The second kappa shape index (κ2) is 5.75. The SMILES string of the molecule is CSc1ccc(Nc2cc(C)ncc2C(=O)O)cc1. The molecule has 0 saturated heterocycles. The van der Waals surface area contributed by atoms with Crippen molar-refractivity contribution >= 4 is 29.1 Å². The van der Waals surface area contributed by atoms with Gasteiger partial charge in [-0.05, 0) is 43.5 Å². The van der Waals surface area contributed by atoms with Gasteiger partial charge < -0.3 is 10.4 Å². The number of aromatic nitrogens is 1. The summed E-state index contributed by atoms with van der Waals surface area (Å²) in [6, 6.07) is 9.55. The number of hydrogen-bond donors (Lipinski definition) is 2. The van der Waals surface area contributed by atoms with E-state index >= 15 is 0 Å². The molecule has 0 unspecified atom stereocenters. The van der Waals surface area contributed by atoms with Crippen molar-refractivity contribution in [1.82, 2.24) is 4.98 Å². The van der Waals surface area contributed by atoms with Crippen LogP contribution < -0.4 is 5.32 Å². The average molecular weight is 274 g/mol. The number of nitrogens with one attached hydrogen (secondary N) is 1. The molecule has 2 N–H and O–H groups in total. The number of benzene rings is 1. The standard InChI is InChI=1S/C14H14N2O2S/c1-9-7-13(12(8-15-9)14(17)18)16-10-3-5-11(19-2)6-4-10/h3-8H,1-2H3,(H,15,16)(H,17,18). The average Bonchev–Trinajstić information content (AvgIpc) is 2.39. The fourth-order valence-corrected chi connectivity index (χ4v) is 2.07. The molecule has 0 spiro atoms. The number of anilines is 2. The van der Waals surface area contributed by atoms with Crippen LogP contribution in [0.2, 0.25) is 0 Å². The topological polar surface area (TPSA) is 62.2 Å². The van der Waals surface area contributed by atoms with Gasteiger partial charge in [-0.3, -0.25) is 4.98 Å². The summed E-state index contributed by atoms with van der Waals surface area (Å²) in [4.78, 5) is 16.3. The number of aromatic carboxylic acids is 1. The molecule has 0 aliphatic rings. The van der Waals surface area contributed by atoms with Crippen molar-refractivity contribution in [2.45, 2.75) is 11.8 Å². The predicted octanol–water partition coefficient (Wildman–Crippen LogP) is 3.55. The Hall–Kier alpha value is -2.01. The van der Waals surface area contributed by atoms with Crippen molar-refractivity contribution in [3.05, 3.63) is 47.8 Å². The van der Waals surface area contributed by atoms with E-state index in [1.54, 1.807) is 17.8 Å². The Morgan fingerprint density at radius 2 is 2.00 bits per heavy atom. The molecule has 98 valence electrons. The highest BCUT2D eigenvalue weighted by Crippen LogP contribution is 2.23.